The first-order chi connectivity index (χ1) is 5.59. The van der Waals surface area contributed by atoms with E-state index in [9.17, 15) is 4.79 Å². The molecule has 0 saturated heterocycles. The van der Waals surface area contributed by atoms with Gasteiger partial charge in [-0.15, -0.1) is 0 Å². The highest BCUT2D eigenvalue weighted by molar-refractivity contribution is 5.81. The Kier molecular flexibility index (Phi) is 3.07. The van der Waals surface area contributed by atoms with Crippen LogP contribution in [0.25, 0.3) is 0 Å². The van der Waals surface area contributed by atoms with Gasteiger partial charge in [0.25, 0.3) is 0 Å². The van der Waals surface area contributed by atoms with Gasteiger partial charge in [-0.2, -0.15) is 0 Å². The Morgan fingerprint density at radius 2 is 2.00 bits per heavy atom. The van der Waals surface area contributed by atoms with Crippen molar-refractivity contribution in [1.29, 1.82) is 0 Å². The summed E-state index contributed by atoms with van der Waals surface area (Å²) in [5.74, 6) is 1.28. The second-order valence-corrected chi connectivity index (χ2v) is 4.09. The minimum atomic E-state index is 0.268. The molecule has 0 aromatic carbocycles. The zero-order chi connectivity index (χ0) is 9.14. The van der Waals surface area contributed by atoms with Crippen LogP contribution in [0.5, 0.6) is 0 Å². The predicted octanol–water partition coefficient (Wildman–Crippen LogP) is 2.96. The number of carbonyl (C=O) groups excluding carboxylic acids is 1. The normalized spacial score (nSPS) is 36.6. The number of rotatable bonds is 0. The second-order valence-electron chi connectivity index (χ2n) is 4.09. The third kappa shape index (κ3) is 2.47. The van der Waals surface area contributed by atoms with Gasteiger partial charge < -0.3 is 0 Å². The maximum Gasteiger partial charge on any atom is 0.136 e. The fraction of sp³-hybridized carbons (Fsp3) is 0.727. The first-order valence-electron chi connectivity index (χ1n) is 4.79. The van der Waals surface area contributed by atoms with Crippen LogP contribution < -0.4 is 0 Å². The molecule has 1 aliphatic carbocycles. The maximum absolute atomic E-state index is 11.4. The summed E-state index contributed by atoms with van der Waals surface area (Å²) >= 11 is 0. The molecule has 0 fully saturated rings. The lowest BCUT2D eigenvalue weighted by molar-refractivity contribution is -0.122. The SMILES string of the molecule is C/C1=C/C(C)CC(C)C(=O)CC1. The van der Waals surface area contributed by atoms with Gasteiger partial charge in [-0.25, -0.2) is 0 Å². The fourth-order valence-corrected chi connectivity index (χ4v) is 1.89. The molecule has 12 heavy (non-hydrogen) atoms. The van der Waals surface area contributed by atoms with E-state index in [-0.39, 0.29) is 5.92 Å². The van der Waals surface area contributed by atoms with Crippen LogP contribution in [0.1, 0.15) is 40.0 Å². The van der Waals surface area contributed by atoms with E-state index in [4.69, 9.17) is 0 Å². The first-order valence-corrected chi connectivity index (χ1v) is 4.79. The number of Topliss-reactive ketones (excluding diaryl/α,β-unsaturated/α-hetero) is 1. The van der Waals surface area contributed by atoms with Crippen molar-refractivity contribution < 1.29 is 4.79 Å². The molecule has 0 aromatic heterocycles. The maximum atomic E-state index is 11.4. The summed E-state index contributed by atoms with van der Waals surface area (Å²) in [5.41, 5.74) is 1.38. The average Bonchev–Trinajstić information content (AvgIpc) is 1.98. The van der Waals surface area contributed by atoms with Gasteiger partial charge in [-0.05, 0) is 25.7 Å². The van der Waals surface area contributed by atoms with Crippen LogP contribution in [0, 0.1) is 11.8 Å². The van der Waals surface area contributed by atoms with Crippen LogP contribution in [0.2, 0.25) is 0 Å². The van der Waals surface area contributed by atoms with Crippen molar-refractivity contribution in [3.05, 3.63) is 11.6 Å². The van der Waals surface area contributed by atoms with Crippen LogP contribution in [0.4, 0.5) is 0 Å². The highest BCUT2D eigenvalue weighted by atomic mass is 16.1. The van der Waals surface area contributed by atoms with Crippen molar-refractivity contribution in [2.45, 2.75) is 40.0 Å². The predicted molar refractivity (Wildman–Crippen MR) is 50.9 cm³/mol. The van der Waals surface area contributed by atoms with Gasteiger partial charge in [-0.3, -0.25) is 4.79 Å². The molecule has 0 aromatic rings. The van der Waals surface area contributed by atoms with E-state index in [0.29, 0.717) is 11.7 Å². The molecule has 1 nitrogen and oxygen atoms in total. The minimum Gasteiger partial charge on any atom is -0.299 e. The lowest BCUT2D eigenvalue weighted by Crippen LogP contribution is -2.15. The highest BCUT2D eigenvalue weighted by Crippen LogP contribution is 2.22. The zero-order valence-corrected chi connectivity index (χ0v) is 8.26. The Morgan fingerprint density at radius 1 is 1.33 bits per heavy atom. The smallest absolute Gasteiger partial charge is 0.136 e. The van der Waals surface area contributed by atoms with E-state index >= 15 is 0 Å². The molecule has 0 heterocycles. The van der Waals surface area contributed by atoms with Crippen molar-refractivity contribution >= 4 is 5.78 Å². The Labute approximate surface area is 74.9 Å². The molecule has 0 bridgehead atoms. The topological polar surface area (TPSA) is 17.1 Å². The number of allylic oxidation sites excluding steroid dienone is 2. The van der Waals surface area contributed by atoms with Crippen LogP contribution in [-0.2, 0) is 4.79 Å². The molecule has 0 saturated carbocycles. The summed E-state index contributed by atoms with van der Waals surface area (Å²) in [5, 5.41) is 0. The monoisotopic (exact) mass is 166 g/mol. The summed E-state index contributed by atoms with van der Waals surface area (Å²) in [4.78, 5) is 11.4. The minimum absolute atomic E-state index is 0.268. The third-order valence-corrected chi connectivity index (χ3v) is 2.61. The molecular weight excluding hydrogens is 148 g/mol. The van der Waals surface area contributed by atoms with Crippen LogP contribution >= 0.6 is 0 Å². The van der Waals surface area contributed by atoms with E-state index in [1.165, 1.54) is 5.57 Å². The number of ketones is 1. The fourth-order valence-electron chi connectivity index (χ4n) is 1.89. The Bertz CT molecular complexity index is 203. The molecule has 2 unspecified atom stereocenters. The lowest BCUT2D eigenvalue weighted by atomic mass is 9.87. The van der Waals surface area contributed by atoms with E-state index < -0.39 is 0 Å². The molecule has 2 atom stereocenters. The third-order valence-electron chi connectivity index (χ3n) is 2.61. The summed E-state index contributed by atoms with van der Waals surface area (Å²) < 4.78 is 0. The van der Waals surface area contributed by atoms with Crippen molar-refractivity contribution in [3.63, 3.8) is 0 Å². The average molecular weight is 166 g/mol. The molecule has 1 rings (SSSR count). The standard InChI is InChI=1S/C11H18O/c1-8-4-5-11(12)10(3)7-9(2)6-8/h6,9-10H,4-5,7H2,1-3H3/b8-6-. The van der Waals surface area contributed by atoms with Crippen molar-refractivity contribution in [2.24, 2.45) is 11.8 Å². The quantitative estimate of drug-likeness (QED) is 0.506. The van der Waals surface area contributed by atoms with Crippen LogP contribution in [0.3, 0.4) is 0 Å². The van der Waals surface area contributed by atoms with Crippen molar-refractivity contribution in [2.75, 3.05) is 0 Å². The molecule has 0 aliphatic heterocycles. The van der Waals surface area contributed by atoms with Gasteiger partial charge in [0.2, 0.25) is 0 Å². The zero-order valence-electron chi connectivity index (χ0n) is 8.26. The lowest BCUT2D eigenvalue weighted by Gasteiger charge is -2.17. The van der Waals surface area contributed by atoms with Crippen LogP contribution in [-0.4, -0.2) is 5.78 Å². The number of hydrogen-bond donors (Lipinski definition) is 0. The van der Waals surface area contributed by atoms with E-state index in [1.807, 2.05) is 6.92 Å². The molecule has 0 N–H and O–H groups in total. The van der Waals surface area contributed by atoms with Crippen molar-refractivity contribution in [1.82, 2.24) is 0 Å². The van der Waals surface area contributed by atoms with Gasteiger partial charge in [0, 0.05) is 12.3 Å². The Hall–Kier alpha value is -0.590. The van der Waals surface area contributed by atoms with Gasteiger partial charge in [-0.1, -0.05) is 25.5 Å². The van der Waals surface area contributed by atoms with Gasteiger partial charge >= 0.3 is 0 Å². The van der Waals surface area contributed by atoms with Crippen molar-refractivity contribution in [3.8, 4) is 0 Å². The first kappa shape index (κ1) is 9.50. The molecule has 0 radical (unpaired) electrons. The summed E-state index contributed by atoms with van der Waals surface area (Å²) in [6.07, 6.45) is 5.04. The van der Waals surface area contributed by atoms with E-state index in [2.05, 4.69) is 19.9 Å². The van der Waals surface area contributed by atoms with Crippen LogP contribution in [0.15, 0.2) is 11.6 Å². The Balaban J connectivity index is 2.69. The molecule has 1 aliphatic rings. The molecule has 0 amide bonds. The van der Waals surface area contributed by atoms with E-state index in [0.717, 1.165) is 19.3 Å². The highest BCUT2D eigenvalue weighted by Gasteiger charge is 2.17. The second kappa shape index (κ2) is 3.88. The molecule has 68 valence electrons. The molecular formula is C11H18O. The van der Waals surface area contributed by atoms with Gasteiger partial charge in [0.15, 0.2) is 0 Å². The van der Waals surface area contributed by atoms with Gasteiger partial charge in [0.1, 0.15) is 5.78 Å². The summed E-state index contributed by atoms with van der Waals surface area (Å²) in [6, 6.07) is 0. The van der Waals surface area contributed by atoms with Gasteiger partial charge in [0.05, 0.1) is 0 Å². The summed E-state index contributed by atoms with van der Waals surface area (Å²) in [7, 11) is 0. The molecule has 0 spiro atoms. The largest absolute Gasteiger partial charge is 0.299 e. The number of carbonyl (C=O) groups is 1. The summed E-state index contributed by atoms with van der Waals surface area (Å²) in [6.45, 7) is 6.37. The van der Waals surface area contributed by atoms with E-state index in [1.54, 1.807) is 0 Å². The molecule has 1 heteroatoms. The Morgan fingerprint density at radius 3 is 2.67 bits per heavy atom. The number of hydrogen-bond acceptors (Lipinski definition) is 1.